The summed E-state index contributed by atoms with van der Waals surface area (Å²) in [6.07, 6.45) is 1.83. The summed E-state index contributed by atoms with van der Waals surface area (Å²) in [5.41, 5.74) is 2.95. The minimum absolute atomic E-state index is 0.194. The van der Waals surface area contributed by atoms with Gasteiger partial charge in [0.05, 0.1) is 22.8 Å². The third-order valence-corrected chi connectivity index (χ3v) is 5.84. The van der Waals surface area contributed by atoms with E-state index in [-0.39, 0.29) is 11.9 Å². The number of nitrogens with one attached hydrogen (secondary N) is 1. The lowest BCUT2D eigenvalue weighted by molar-refractivity contribution is 0.0935. The molecule has 0 aliphatic rings. The van der Waals surface area contributed by atoms with Crippen molar-refractivity contribution in [2.45, 2.75) is 13.0 Å². The predicted octanol–water partition coefficient (Wildman–Crippen LogP) is 3.47. The molecule has 0 aliphatic carbocycles. The van der Waals surface area contributed by atoms with E-state index in [2.05, 4.69) is 20.4 Å². The van der Waals surface area contributed by atoms with Crippen LogP contribution >= 0.6 is 34.0 Å². The molecule has 4 rings (SSSR count). The SMILES string of the molecule is C[C@@H](NC(=O)c1csc(-c2cccs2)n1)c1cn2ncsc2n1. The Morgan fingerprint density at radius 1 is 1.30 bits per heavy atom. The predicted molar refractivity (Wildman–Crippen MR) is 92.2 cm³/mol. The number of nitrogens with zero attached hydrogens (tertiary/aromatic N) is 4. The molecular formula is C14H11N5OS3. The lowest BCUT2D eigenvalue weighted by Crippen LogP contribution is -2.27. The van der Waals surface area contributed by atoms with Crippen molar-refractivity contribution in [3.63, 3.8) is 0 Å². The maximum atomic E-state index is 12.4. The molecule has 116 valence electrons. The molecule has 4 aromatic heterocycles. The van der Waals surface area contributed by atoms with Crippen LogP contribution in [-0.2, 0) is 0 Å². The molecule has 9 heteroatoms. The molecule has 0 spiro atoms. The van der Waals surface area contributed by atoms with E-state index in [1.165, 1.54) is 22.7 Å². The molecule has 0 unspecified atom stereocenters. The van der Waals surface area contributed by atoms with Crippen LogP contribution in [0.4, 0.5) is 0 Å². The van der Waals surface area contributed by atoms with Crippen LogP contribution < -0.4 is 5.32 Å². The summed E-state index contributed by atoms with van der Waals surface area (Å²) in [7, 11) is 0. The molecule has 0 saturated heterocycles. The number of thiazole rings is 1. The van der Waals surface area contributed by atoms with E-state index in [1.807, 2.05) is 30.6 Å². The van der Waals surface area contributed by atoms with E-state index in [4.69, 9.17) is 0 Å². The van der Waals surface area contributed by atoms with Gasteiger partial charge in [0.2, 0.25) is 4.96 Å². The maximum Gasteiger partial charge on any atom is 0.271 e. The fraction of sp³-hybridized carbons (Fsp3) is 0.143. The summed E-state index contributed by atoms with van der Waals surface area (Å²) in [5.74, 6) is -0.194. The Balaban J connectivity index is 1.50. The average molecular weight is 361 g/mol. The van der Waals surface area contributed by atoms with Gasteiger partial charge in [0.15, 0.2) is 0 Å². The van der Waals surface area contributed by atoms with Crippen LogP contribution in [0.15, 0.2) is 34.6 Å². The number of fused-ring (bicyclic) bond motifs is 1. The second kappa shape index (κ2) is 5.84. The lowest BCUT2D eigenvalue weighted by Gasteiger charge is -2.09. The Labute approximate surface area is 143 Å². The summed E-state index contributed by atoms with van der Waals surface area (Å²) in [4.78, 5) is 23.1. The van der Waals surface area contributed by atoms with E-state index in [1.54, 1.807) is 26.7 Å². The van der Waals surface area contributed by atoms with Crippen LogP contribution in [0, 0.1) is 0 Å². The number of aromatic nitrogens is 4. The number of carbonyl (C=O) groups is 1. The third kappa shape index (κ3) is 2.78. The van der Waals surface area contributed by atoms with Gasteiger partial charge in [-0.25, -0.2) is 14.5 Å². The van der Waals surface area contributed by atoms with Crippen molar-refractivity contribution < 1.29 is 4.79 Å². The van der Waals surface area contributed by atoms with Crippen LogP contribution in [0.5, 0.6) is 0 Å². The Morgan fingerprint density at radius 2 is 2.22 bits per heavy atom. The number of rotatable bonds is 4. The first-order valence-electron chi connectivity index (χ1n) is 6.80. The van der Waals surface area contributed by atoms with Crippen molar-refractivity contribution in [2.24, 2.45) is 0 Å². The fourth-order valence-corrected chi connectivity index (χ4v) is 4.32. The standard InChI is InChI=1S/C14H11N5OS3/c1-8(9-5-19-14(18-9)23-7-15-19)16-12(20)10-6-22-13(17-10)11-3-2-4-21-11/h2-8H,1H3,(H,16,20)/t8-/m1/s1. The zero-order chi connectivity index (χ0) is 15.8. The molecule has 23 heavy (non-hydrogen) atoms. The van der Waals surface area contributed by atoms with Crippen molar-refractivity contribution in [3.8, 4) is 9.88 Å². The van der Waals surface area contributed by atoms with Gasteiger partial charge in [0.25, 0.3) is 5.91 Å². The van der Waals surface area contributed by atoms with Gasteiger partial charge in [-0.15, -0.1) is 22.7 Å². The highest BCUT2D eigenvalue weighted by atomic mass is 32.1. The first-order valence-corrected chi connectivity index (χ1v) is 9.43. The van der Waals surface area contributed by atoms with Gasteiger partial charge in [-0.1, -0.05) is 17.4 Å². The topological polar surface area (TPSA) is 72.2 Å². The molecule has 0 saturated carbocycles. The zero-order valence-corrected chi connectivity index (χ0v) is 14.4. The summed E-state index contributed by atoms with van der Waals surface area (Å²) in [5, 5.41) is 11.7. The number of hydrogen-bond donors (Lipinski definition) is 1. The third-order valence-electron chi connectivity index (χ3n) is 3.26. The minimum atomic E-state index is -0.205. The summed E-state index contributed by atoms with van der Waals surface area (Å²) < 4.78 is 1.71. The number of thiophene rings is 1. The summed E-state index contributed by atoms with van der Waals surface area (Å²) >= 11 is 4.55. The first kappa shape index (κ1) is 14.5. The van der Waals surface area contributed by atoms with E-state index < -0.39 is 0 Å². The largest absolute Gasteiger partial charge is 0.343 e. The molecule has 0 aromatic carbocycles. The summed E-state index contributed by atoms with van der Waals surface area (Å²) in [6, 6.07) is 3.77. The van der Waals surface area contributed by atoms with Gasteiger partial charge in [-0.05, 0) is 18.4 Å². The van der Waals surface area contributed by atoms with Crippen molar-refractivity contribution in [3.05, 3.63) is 46.0 Å². The molecule has 0 aliphatic heterocycles. The number of amides is 1. The summed E-state index contributed by atoms with van der Waals surface area (Å²) in [6.45, 7) is 1.90. The lowest BCUT2D eigenvalue weighted by atomic mass is 10.2. The molecule has 1 amide bonds. The quantitative estimate of drug-likeness (QED) is 0.604. The van der Waals surface area contributed by atoms with Gasteiger partial charge < -0.3 is 5.32 Å². The second-order valence-corrected chi connectivity index (χ2v) is 7.46. The van der Waals surface area contributed by atoms with Crippen molar-refractivity contribution in [1.29, 1.82) is 0 Å². The highest BCUT2D eigenvalue weighted by Crippen LogP contribution is 2.28. The van der Waals surface area contributed by atoms with Crippen LogP contribution in [0.1, 0.15) is 29.1 Å². The molecule has 4 heterocycles. The van der Waals surface area contributed by atoms with Gasteiger partial charge >= 0.3 is 0 Å². The fourth-order valence-electron chi connectivity index (χ4n) is 2.10. The maximum absolute atomic E-state index is 12.4. The Kier molecular flexibility index (Phi) is 3.68. The van der Waals surface area contributed by atoms with E-state index in [0.29, 0.717) is 5.69 Å². The smallest absolute Gasteiger partial charge is 0.271 e. The van der Waals surface area contributed by atoms with Gasteiger partial charge in [-0.3, -0.25) is 4.79 Å². The van der Waals surface area contributed by atoms with Crippen LogP contribution in [0.3, 0.4) is 0 Å². The molecule has 4 aromatic rings. The molecular weight excluding hydrogens is 350 g/mol. The number of imidazole rings is 1. The van der Waals surface area contributed by atoms with E-state index in [0.717, 1.165) is 20.5 Å². The zero-order valence-electron chi connectivity index (χ0n) is 12.0. The van der Waals surface area contributed by atoms with E-state index in [9.17, 15) is 4.79 Å². The van der Waals surface area contributed by atoms with Crippen LogP contribution in [0.25, 0.3) is 14.8 Å². The normalized spacial score (nSPS) is 12.6. The highest BCUT2D eigenvalue weighted by molar-refractivity contribution is 7.20. The monoisotopic (exact) mass is 361 g/mol. The van der Waals surface area contributed by atoms with Crippen molar-refractivity contribution in [2.75, 3.05) is 0 Å². The van der Waals surface area contributed by atoms with Crippen LogP contribution in [0.2, 0.25) is 0 Å². The highest BCUT2D eigenvalue weighted by Gasteiger charge is 2.17. The molecule has 6 nitrogen and oxygen atoms in total. The Morgan fingerprint density at radius 3 is 3.00 bits per heavy atom. The van der Waals surface area contributed by atoms with E-state index >= 15 is 0 Å². The van der Waals surface area contributed by atoms with Crippen molar-refractivity contribution in [1.82, 2.24) is 24.9 Å². The molecule has 0 radical (unpaired) electrons. The Bertz CT molecular complexity index is 924. The molecule has 0 bridgehead atoms. The average Bonchev–Trinajstić information content (AvgIpc) is 3.28. The second-order valence-electron chi connectivity index (χ2n) is 4.84. The van der Waals surface area contributed by atoms with Gasteiger partial charge in [-0.2, -0.15) is 5.10 Å². The van der Waals surface area contributed by atoms with Crippen LogP contribution in [-0.4, -0.2) is 25.5 Å². The molecule has 1 atom stereocenters. The first-order chi connectivity index (χ1) is 11.2. The Hall–Kier alpha value is -2.10. The molecule has 0 fully saturated rings. The minimum Gasteiger partial charge on any atom is -0.343 e. The van der Waals surface area contributed by atoms with Gasteiger partial charge in [0.1, 0.15) is 16.2 Å². The van der Waals surface area contributed by atoms with Gasteiger partial charge in [0, 0.05) is 5.38 Å². The number of hydrogen-bond acceptors (Lipinski definition) is 7. The van der Waals surface area contributed by atoms with Crippen molar-refractivity contribution >= 4 is 44.9 Å². The molecule has 1 N–H and O–H groups in total. The number of carbonyl (C=O) groups excluding carboxylic acids is 1.